The van der Waals surface area contributed by atoms with Crippen LogP contribution in [0.25, 0.3) is 0 Å². The fraction of sp³-hybridized carbons (Fsp3) is 0.875. The van der Waals surface area contributed by atoms with Crippen LogP contribution in [0.4, 0.5) is 0 Å². The van der Waals surface area contributed by atoms with Crippen molar-refractivity contribution in [3.8, 4) is 0 Å². The van der Waals surface area contributed by atoms with Crippen LogP contribution in [0.2, 0.25) is 0 Å². The van der Waals surface area contributed by atoms with Gasteiger partial charge in [0, 0.05) is 32.2 Å². The van der Waals surface area contributed by atoms with Crippen LogP contribution >= 0.6 is 0 Å². The van der Waals surface area contributed by atoms with Crippen LogP contribution in [0.3, 0.4) is 0 Å². The number of piperazine rings is 1. The SMILES string of the molecule is [CH2]C(C)N1CCN(C)CC1. The molecule has 0 spiro atoms. The number of likely N-dealkylation sites (N-methyl/N-ethyl adjacent to an activating group) is 1. The number of rotatable bonds is 1. The van der Waals surface area contributed by atoms with Crippen LogP contribution in [0, 0.1) is 6.92 Å². The maximum atomic E-state index is 3.99. The molecule has 1 fully saturated rings. The summed E-state index contributed by atoms with van der Waals surface area (Å²) in [6, 6.07) is 0.480. The minimum Gasteiger partial charge on any atom is -0.304 e. The Balaban J connectivity index is 2.26. The second-order valence-corrected chi connectivity index (χ2v) is 3.19. The lowest BCUT2D eigenvalue weighted by atomic mass is 10.2. The molecule has 1 aliphatic rings. The molecule has 0 aromatic heterocycles. The predicted molar refractivity (Wildman–Crippen MR) is 43.9 cm³/mol. The minimum atomic E-state index is 0.480. The summed E-state index contributed by atoms with van der Waals surface area (Å²) in [6.07, 6.45) is 0. The highest BCUT2D eigenvalue weighted by atomic mass is 15.3. The molecule has 0 N–H and O–H groups in total. The van der Waals surface area contributed by atoms with Crippen LogP contribution in [-0.2, 0) is 0 Å². The van der Waals surface area contributed by atoms with Gasteiger partial charge >= 0.3 is 0 Å². The van der Waals surface area contributed by atoms with Crippen LogP contribution in [0.1, 0.15) is 6.92 Å². The topological polar surface area (TPSA) is 6.48 Å². The van der Waals surface area contributed by atoms with Crippen LogP contribution < -0.4 is 0 Å². The normalized spacial score (nSPS) is 24.0. The molecule has 2 heteroatoms. The highest BCUT2D eigenvalue weighted by Gasteiger charge is 2.15. The van der Waals surface area contributed by atoms with Gasteiger partial charge < -0.3 is 4.90 Å². The summed E-state index contributed by atoms with van der Waals surface area (Å²) < 4.78 is 0. The molecule has 0 aromatic rings. The van der Waals surface area contributed by atoms with E-state index < -0.39 is 0 Å². The number of nitrogens with zero attached hydrogens (tertiary/aromatic N) is 2. The molecule has 0 aromatic carbocycles. The lowest BCUT2D eigenvalue weighted by Gasteiger charge is -2.34. The zero-order valence-corrected chi connectivity index (χ0v) is 7.01. The summed E-state index contributed by atoms with van der Waals surface area (Å²) in [6.45, 7) is 10.9. The largest absolute Gasteiger partial charge is 0.304 e. The molecule has 1 rings (SSSR count). The van der Waals surface area contributed by atoms with Crippen molar-refractivity contribution in [2.75, 3.05) is 33.2 Å². The van der Waals surface area contributed by atoms with Crippen LogP contribution in [0.15, 0.2) is 0 Å². The summed E-state index contributed by atoms with van der Waals surface area (Å²) in [5, 5.41) is 0. The van der Waals surface area contributed by atoms with Gasteiger partial charge in [-0.05, 0) is 20.9 Å². The Morgan fingerprint density at radius 3 is 2.10 bits per heavy atom. The third kappa shape index (κ3) is 1.96. The first kappa shape index (κ1) is 8.02. The van der Waals surface area contributed by atoms with Crippen molar-refractivity contribution >= 4 is 0 Å². The Bertz CT molecular complexity index is 93.4. The molecule has 59 valence electrons. The van der Waals surface area contributed by atoms with Gasteiger partial charge in [0.25, 0.3) is 0 Å². The Morgan fingerprint density at radius 1 is 1.20 bits per heavy atom. The molecular weight excluding hydrogens is 124 g/mol. The summed E-state index contributed by atoms with van der Waals surface area (Å²) in [7, 11) is 2.17. The molecule has 1 heterocycles. The Kier molecular flexibility index (Phi) is 2.69. The fourth-order valence-corrected chi connectivity index (χ4v) is 1.26. The zero-order chi connectivity index (χ0) is 7.56. The highest BCUT2D eigenvalue weighted by Crippen LogP contribution is 2.02. The molecule has 10 heavy (non-hydrogen) atoms. The van der Waals surface area contributed by atoms with E-state index in [2.05, 4.69) is 30.7 Å². The van der Waals surface area contributed by atoms with Gasteiger partial charge in [-0.3, -0.25) is 4.90 Å². The van der Waals surface area contributed by atoms with Gasteiger partial charge in [0.15, 0.2) is 0 Å². The molecule has 1 atom stereocenters. The maximum Gasteiger partial charge on any atom is 0.0113 e. The molecule has 1 radical (unpaired) electrons. The van der Waals surface area contributed by atoms with Gasteiger partial charge in [-0.15, -0.1) is 0 Å². The standard InChI is InChI=1S/C8H17N2/c1-8(2)10-6-4-9(3)5-7-10/h8H,1,4-7H2,2-3H3. The lowest BCUT2D eigenvalue weighted by molar-refractivity contribution is 0.135. The van der Waals surface area contributed by atoms with Gasteiger partial charge in [-0.2, -0.15) is 0 Å². The molecular formula is C8H17N2. The molecule has 0 saturated carbocycles. The highest BCUT2D eigenvalue weighted by molar-refractivity contribution is 4.75. The number of hydrogen-bond donors (Lipinski definition) is 0. The fourth-order valence-electron chi connectivity index (χ4n) is 1.26. The first-order chi connectivity index (χ1) is 4.70. The molecule has 1 saturated heterocycles. The molecule has 1 aliphatic heterocycles. The van der Waals surface area contributed by atoms with Gasteiger partial charge in [0.1, 0.15) is 0 Å². The average Bonchev–Trinajstić information content (AvgIpc) is 1.88. The van der Waals surface area contributed by atoms with Crippen molar-refractivity contribution in [3.05, 3.63) is 6.92 Å². The van der Waals surface area contributed by atoms with E-state index in [1.807, 2.05) is 0 Å². The van der Waals surface area contributed by atoms with E-state index in [4.69, 9.17) is 0 Å². The Morgan fingerprint density at radius 2 is 1.70 bits per heavy atom. The summed E-state index contributed by atoms with van der Waals surface area (Å²) >= 11 is 0. The zero-order valence-electron chi connectivity index (χ0n) is 7.01. The maximum absolute atomic E-state index is 3.99. The van der Waals surface area contributed by atoms with Crippen molar-refractivity contribution in [2.45, 2.75) is 13.0 Å². The first-order valence-electron chi connectivity index (χ1n) is 3.96. The molecule has 0 bridgehead atoms. The van der Waals surface area contributed by atoms with Crippen molar-refractivity contribution in [1.82, 2.24) is 9.80 Å². The van der Waals surface area contributed by atoms with Crippen molar-refractivity contribution in [3.63, 3.8) is 0 Å². The minimum absolute atomic E-state index is 0.480. The van der Waals surface area contributed by atoms with Crippen molar-refractivity contribution in [1.29, 1.82) is 0 Å². The van der Waals surface area contributed by atoms with E-state index in [0.717, 1.165) is 0 Å². The van der Waals surface area contributed by atoms with Crippen LogP contribution in [-0.4, -0.2) is 49.1 Å². The number of hydrogen-bond acceptors (Lipinski definition) is 2. The second-order valence-electron chi connectivity index (χ2n) is 3.19. The smallest absolute Gasteiger partial charge is 0.0113 e. The van der Waals surface area contributed by atoms with Crippen molar-refractivity contribution in [2.24, 2.45) is 0 Å². The third-order valence-corrected chi connectivity index (χ3v) is 2.16. The van der Waals surface area contributed by atoms with Gasteiger partial charge in [0.2, 0.25) is 0 Å². The first-order valence-corrected chi connectivity index (χ1v) is 3.96. The Labute approximate surface area is 63.8 Å². The third-order valence-electron chi connectivity index (χ3n) is 2.16. The van der Waals surface area contributed by atoms with Crippen LogP contribution in [0.5, 0.6) is 0 Å². The van der Waals surface area contributed by atoms with E-state index in [0.29, 0.717) is 6.04 Å². The molecule has 1 unspecified atom stereocenters. The molecule has 0 aliphatic carbocycles. The van der Waals surface area contributed by atoms with Crippen molar-refractivity contribution < 1.29 is 0 Å². The lowest BCUT2D eigenvalue weighted by Crippen LogP contribution is -2.47. The quantitative estimate of drug-likeness (QED) is 0.523. The van der Waals surface area contributed by atoms with Gasteiger partial charge in [0.05, 0.1) is 0 Å². The summed E-state index contributed by atoms with van der Waals surface area (Å²) in [5.41, 5.74) is 0. The van der Waals surface area contributed by atoms with Gasteiger partial charge in [-0.1, -0.05) is 0 Å². The Hall–Kier alpha value is -0.0800. The van der Waals surface area contributed by atoms with E-state index in [-0.39, 0.29) is 0 Å². The predicted octanol–water partition coefficient (Wildman–Crippen LogP) is 0.456. The van der Waals surface area contributed by atoms with E-state index in [9.17, 15) is 0 Å². The molecule has 0 amide bonds. The van der Waals surface area contributed by atoms with Gasteiger partial charge in [-0.25, -0.2) is 0 Å². The second kappa shape index (κ2) is 3.35. The van der Waals surface area contributed by atoms with E-state index >= 15 is 0 Å². The average molecular weight is 141 g/mol. The molecule has 2 nitrogen and oxygen atoms in total. The monoisotopic (exact) mass is 141 g/mol. The summed E-state index contributed by atoms with van der Waals surface area (Å²) in [4.78, 5) is 4.78. The van der Waals surface area contributed by atoms with E-state index in [1.54, 1.807) is 0 Å². The van der Waals surface area contributed by atoms with E-state index in [1.165, 1.54) is 26.2 Å². The summed E-state index contributed by atoms with van der Waals surface area (Å²) in [5.74, 6) is 0.